The summed E-state index contributed by atoms with van der Waals surface area (Å²) in [4.78, 5) is 11.2. The Kier molecular flexibility index (Phi) is 4.23. The van der Waals surface area contributed by atoms with Crippen LogP contribution < -0.4 is 0 Å². The van der Waals surface area contributed by atoms with E-state index in [1.807, 2.05) is 36.7 Å². The third-order valence-corrected chi connectivity index (χ3v) is 6.19. The molecule has 1 aliphatic heterocycles. The first-order valence-electron chi connectivity index (χ1n) is 8.33. The number of aromatic nitrogens is 2. The molecule has 0 saturated carbocycles. The molecular weight excluding hydrogens is 334 g/mol. The summed E-state index contributed by atoms with van der Waals surface area (Å²) >= 11 is 0. The highest BCUT2D eigenvalue weighted by atomic mass is 32.2. The maximum Gasteiger partial charge on any atom is 0.159 e. The van der Waals surface area contributed by atoms with Crippen LogP contribution in [-0.4, -0.2) is 47.9 Å². The molecule has 4 rings (SSSR count). The van der Waals surface area contributed by atoms with E-state index in [0.29, 0.717) is 25.5 Å². The molecule has 3 aromatic rings. The lowest BCUT2D eigenvalue weighted by atomic mass is 10.0. The van der Waals surface area contributed by atoms with Crippen LogP contribution in [0.1, 0.15) is 5.56 Å². The van der Waals surface area contributed by atoms with E-state index in [0.717, 1.165) is 16.5 Å². The van der Waals surface area contributed by atoms with Crippen LogP contribution in [0, 0.1) is 0 Å². The highest BCUT2D eigenvalue weighted by molar-refractivity contribution is 7.91. The van der Waals surface area contributed by atoms with Crippen molar-refractivity contribution >= 4 is 20.6 Å². The molecule has 128 valence electrons. The SMILES string of the molecule is O=S1(=O)CCN(Cc2cnc(-c3cccc4ccccc34)nc2)CC1. The standard InChI is InChI=1S/C19H19N3O2S/c23-25(24)10-8-22(9-11-25)14-15-12-20-19(21-13-15)18-7-3-5-16-4-1-2-6-17(16)18/h1-7,12-13H,8-11,14H2. The minimum absolute atomic E-state index is 0.238. The molecule has 0 atom stereocenters. The Hall–Kier alpha value is -2.31. The number of fused-ring (bicyclic) bond motifs is 1. The van der Waals surface area contributed by atoms with Gasteiger partial charge in [-0.15, -0.1) is 0 Å². The minimum Gasteiger partial charge on any atom is -0.297 e. The number of benzene rings is 2. The molecule has 1 fully saturated rings. The lowest BCUT2D eigenvalue weighted by molar-refractivity contribution is 0.287. The van der Waals surface area contributed by atoms with Crippen LogP contribution in [-0.2, 0) is 16.4 Å². The van der Waals surface area contributed by atoms with Crippen molar-refractivity contribution in [3.8, 4) is 11.4 Å². The van der Waals surface area contributed by atoms with Crippen molar-refractivity contribution in [1.29, 1.82) is 0 Å². The van der Waals surface area contributed by atoms with E-state index in [-0.39, 0.29) is 11.5 Å². The van der Waals surface area contributed by atoms with E-state index < -0.39 is 9.84 Å². The Morgan fingerprint density at radius 1 is 0.920 bits per heavy atom. The summed E-state index contributed by atoms with van der Waals surface area (Å²) in [6.07, 6.45) is 3.68. The summed E-state index contributed by atoms with van der Waals surface area (Å²) in [5.41, 5.74) is 2.03. The molecule has 0 unspecified atom stereocenters. The molecule has 0 amide bonds. The van der Waals surface area contributed by atoms with Gasteiger partial charge in [-0.1, -0.05) is 42.5 Å². The van der Waals surface area contributed by atoms with Gasteiger partial charge in [0.15, 0.2) is 15.7 Å². The first kappa shape index (κ1) is 16.2. The molecule has 0 bridgehead atoms. The van der Waals surface area contributed by atoms with E-state index in [2.05, 4.69) is 33.1 Å². The first-order valence-corrected chi connectivity index (χ1v) is 10.1. The van der Waals surface area contributed by atoms with Crippen molar-refractivity contribution in [3.63, 3.8) is 0 Å². The second-order valence-corrected chi connectivity index (χ2v) is 8.67. The molecule has 0 N–H and O–H groups in total. The van der Waals surface area contributed by atoms with Gasteiger partial charge in [-0.25, -0.2) is 18.4 Å². The quantitative estimate of drug-likeness (QED) is 0.724. The zero-order valence-corrected chi connectivity index (χ0v) is 14.6. The molecular formula is C19H19N3O2S. The Morgan fingerprint density at radius 3 is 2.36 bits per heavy atom. The van der Waals surface area contributed by atoms with Crippen molar-refractivity contribution in [2.75, 3.05) is 24.6 Å². The number of rotatable bonds is 3. The molecule has 0 spiro atoms. The number of nitrogens with zero attached hydrogens (tertiary/aromatic N) is 3. The van der Waals surface area contributed by atoms with Gasteiger partial charge in [0, 0.05) is 43.2 Å². The first-order chi connectivity index (χ1) is 12.1. The number of hydrogen-bond acceptors (Lipinski definition) is 5. The molecule has 2 heterocycles. The Balaban J connectivity index is 1.54. The minimum atomic E-state index is -2.84. The van der Waals surface area contributed by atoms with Crippen LogP contribution in [0.15, 0.2) is 54.9 Å². The second-order valence-electron chi connectivity index (χ2n) is 6.37. The molecule has 1 saturated heterocycles. The summed E-state index contributed by atoms with van der Waals surface area (Å²) < 4.78 is 23.0. The van der Waals surface area contributed by atoms with Crippen molar-refractivity contribution in [2.45, 2.75) is 6.54 Å². The molecule has 6 heteroatoms. The fourth-order valence-electron chi connectivity index (χ4n) is 3.16. The van der Waals surface area contributed by atoms with E-state index in [1.165, 1.54) is 5.39 Å². The fraction of sp³-hybridized carbons (Fsp3) is 0.263. The topological polar surface area (TPSA) is 63.2 Å². The second kappa shape index (κ2) is 6.54. The number of sulfone groups is 1. The molecule has 0 aliphatic carbocycles. The zero-order chi connectivity index (χ0) is 17.3. The van der Waals surface area contributed by atoms with E-state index in [1.54, 1.807) is 0 Å². The van der Waals surface area contributed by atoms with Gasteiger partial charge in [0.25, 0.3) is 0 Å². The van der Waals surface area contributed by atoms with Gasteiger partial charge in [0.05, 0.1) is 11.5 Å². The molecule has 1 aromatic heterocycles. The van der Waals surface area contributed by atoms with Crippen molar-refractivity contribution < 1.29 is 8.42 Å². The van der Waals surface area contributed by atoms with Gasteiger partial charge >= 0.3 is 0 Å². The van der Waals surface area contributed by atoms with Crippen LogP contribution in [0.4, 0.5) is 0 Å². The fourth-order valence-corrected chi connectivity index (χ4v) is 4.44. The predicted octanol–water partition coefficient (Wildman–Crippen LogP) is 2.53. The summed E-state index contributed by atoms with van der Waals surface area (Å²) in [6, 6.07) is 14.3. The van der Waals surface area contributed by atoms with E-state index >= 15 is 0 Å². The van der Waals surface area contributed by atoms with Gasteiger partial charge in [0.1, 0.15) is 0 Å². The van der Waals surface area contributed by atoms with Gasteiger partial charge in [-0.3, -0.25) is 4.90 Å². The van der Waals surface area contributed by atoms with Crippen LogP contribution in [0.3, 0.4) is 0 Å². The monoisotopic (exact) mass is 353 g/mol. The summed E-state index contributed by atoms with van der Waals surface area (Å²) in [7, 11) is -2.84. The highest BCUT2D eigenvalue weighted by Gasteiger charge is 2.21. The third kappa shape index (κ3) is 3.55. The summed E-state index contributed by atoms with van der Waals surface area (Å²) in [6.45, 7) is 1.84. The van der Waals surface area contributed by atoms with Crippen LogP contribution >= 0.6 is 0 Å². The Labute approximate surface area is 147 Å². The van der Waals surface area contributed by atoms with E-state index in [4.69, 9.17) is 0 Å². The number of hydrogen-bond donors (Lipinski definition) is 0. The lowest BCUT2D eigenvalue weighted by Crippen LogP contribution is -2.39. The van der Waals surface area contributed by atoms with Crippen LogP contribution in [0.25, 0.3) is 22.2 Å². The normalized spacial score (nSPS) is 17.6. The maximum atomic E-state index is 11.5. The summed E-state index contributed by atoms with van der Waals surface area (Å²) in [5, 5.41) is 2.31. The smallest absolute Gasteiger partial charge is 0.159 e. The van der Waals surface area contributed by atoms with Crippen molar-refractivity contribution in [2.24, 2.45) is 0 Å². The summed E-state index contributed by atoms with van der Waals surface area (Å²) in [5.74, 6) is 1.19. The maximum absolute atomic E-state index is 11.5. The average molecular weight is 353 g/mol. The average Bonchev–Trinajstić information content (AvgIpc) is 2.64. The highest BCUT2D eigenvalue weighted by Crippen LogP contribution is 2.25. The van der Waals surface area contributed by atoms with Crippen LogP contribution in [0.2, 0.25) is 0 Å². The van der Waals surface area contributed by atoms with Gasteiger partial charge in [-0.05, 0) is 10.8 Å². The molecule has 0 radical (unpaired) electrons. The largest absolute Gasteiger partial charge is 0.297 e. The third-order valence-electron chi connectivity index (χ3n) is 4.58. The van der Waals surface area contributed by atoms with Crippen LogP contribution in [0.5, 0.6) is 0 Å². The van der Waals surface area contributed by atoms with Gasteiger partial charge in [0.2, 0.25) is 0 Å². The molecule has 2 aromatic carbocycles. The Morgan fingerprint density at radius 2 is 1.60 bits per heavy atom. The molecule has 25 heavy (non-hydrogen) atoms. The van der Waals surface area contributed by atoms with Gasteiger partial charge in [-0.2, -0.15) is 0 Å². The lowest BCUT2D eigenvalue weighted by Gasteiger charge is -2.26. The Bertz CT molecular complexity index is 981. The predicted molar refractivity (Wildman–Crippen MR) is 98.9 cm³/mol. The van der Waals surface area contributed by atoms with Crippen molar-refractivity contribution in [3.05, 3.63) is 60.4 Å². The molecule has 5 nitrogen and oxygen atoms in total. The van der Waals surface area contributed by atoms with Gasteiger partial charge < -0.3 is 0 Å². The molecule has 1 aliphatic rings. The zero-order valence-electron chi connectivity index (χ0n) is 13.8. The van der Waals surface area contributed by atoms with Crippen molar-refractivity contribution in [1.82, 2.24) is 14.9 Å². The van der Waals surface area contributed by atoms with E-state index in [9.17, 15) is 8.42 Å².